The summed E-state index contributed by atoms with van der Waals surface area (Å²) in [5.41, 5.74) is 7.59. The lowest BCUT2D eigenvalue weighted by atomic mass is 9.98. The molecule has 1 unspecified atom stereocenters. The minimum absolute atomic E-state index is 0.0395. The molecule has 0 spiro atoms. The molecular weight excluding hydrogens is 270 g/mol. The quantitative estimate of drug-likeness (QED) is 0.749. The molecule has 0 aliphatic carbocycles. The van der Waals surface area contributed by atoms with Gasteiger partial charge in [0.15, 0.2) is 0 Å². The second-order valence-electron chi connectivity index (χ2n) is 5.17. The Morgan fingerprint density at radius 2 is 1.81 bits per heavy atom. The highest BCUT2D eigenvalue weighted by molar-refractivity contribution is 5.58. The van der Waals surface area contributed by atoms with Crippen LogP contribution in [0.5, 0.6) is 0 Å². The van der Waals surface area contributed by atoms with Crippen LogP contribution in [-0.4, -0.2) is 6.54 Å². The van der Waals surface area contributed by atoms with Gasteiger partial charge in [0.25, 0.3) is 6.43 Å². The van der Waals surface area contributed by atoms with Crippen LogP contribution in [0, 0.1) is 0 Å². The third-order valence-corrected chi connectivity index (χ3v) is 3.57. The van der Waals surface area contributed by atoms with Crippen LogP contribution in [-0.2, 0) is 0 Å². The number of nitrogen functional groups attached to an aromatic ring is 1. The van der Waals surface area contributed by atoms with Crippen molar-refractivity contribution in [3.05, 3.63) is 59.7 Å². The van der Waals surface area contributed by atoms with Gasteiger partial charge in [0.2, 0.25) is 0 Å². The van der Waals surface area contributed by atoms with Gasteiger partial charge < -0.3 is 11.1 Å². The molecule has 1 atom stereocenters. The third-order valence-electron chi connectivity index (χ3n) is 3.57. The summed E-state index contributed by atoms with van der Waals surface area (Å²) < 4.78 is 25.9. The highest BCUT2D eigenvalue weighted by Crippen LogP contribution is 2.29. The normalized spacial score (nSPS) is 12.4. The summed E-state index contributed by atoms with van der Waals surface area (Å²) in [7, 11) is 0. The summed E-state index contributed by atoms with van der Waals surface area (Å²) in [6.07, 6.45) is -1.65. The number of nitrogens with one attached hydrogen (secondary N) is 1. The Morgan fingerprint density at radius 3 is 2.48 bits per heavy atom. The zero-order valence-corrected chi connectivity index (χ0v) is 12.0. The molecule has 112 valence electrons. The Labute approximate surface area is 124 Å². The van der Waals surface area contributed by atoms with E-state index < -0.39 is 6.43 Å². The van der Waals surface area contributed by atoms with E-state index >= 15 is 0 Å². The number of rotatable bonds is 6. The summed E-state index contributed by atoms with van der Waals surface area (Å²) >= 11 is 0. The average Bonchev–Trinajstić information content (AvgIpc) is 2.49. The van der Waals surface area contributed by atoms with Crippen molar-refractivity contribution in [3.8, 4) is 0 Å². The largest absolute Gasteiger partial charge is 0.399 e. The molecule has 21 heavy (non-hydrogen) atoms. The van der Waals surface area contributed by atoms with Gasteiger partial charge in [0.1, 0.15) is 0 Å². The molecule has 0 aromatic heterocycles. The number of hydrogen-bond donors (Lipinski definition) is 2. The van der Waals surface area contributed by atoms with Gasteiger partial charge in [0, 0.05) is 23.5 Å². The van der Waals surface area contributed by atoms with E-state index in [1.165, 1.54) is 11.6 Å². The first-order valence-corrected chi connectivity index (χ1v) is 7.04. The van der Waals surface area contributed by atoms with Gasteiger partial charge in [-0.15, -0.1) is 0 Å². The average molecular weight is 290 g/mol. The molecule has 3 N–H and O–H groups in total. The summed E-state index contributed by atoms with van der Waals surface area (Å²) in [6, 6.07) is 14.7. The molecule has 0 saturated heterocycles. The van der Waals surface area contributed by atoms with Crippen molar-refractivity contribution in [3.63, 3.8) is 0 Å². The molecular formula is C17H20F2N2. The maximum absolute atomic E-state index is 13.0. The van der Waals surface area contributed by atoms with Crippen molar-refractivity contribution in [1.29, 1.82) is 0 Å². The fraction of sp³-hybridized carbons (Fsp3) is 0.294. The first-order chi connectivity index (χ1) is 10.1. The molecule has 2 nitrogen and oxygen atoms in total. The highest BCUT2D eigenvalue weighted by Gasteiger charge is 2.13. The Morgan fingerprint density at radius 1 is 1.10 bits per heavy atom. The smallest absolute Gasteiger partial charge is 0.265 e. The summed E-state index contributed by atoms with van der Waals surface area (Å²) in [5, 5.41) is 3.09. The summed E-state index contributed by atoms with van der Waals surface area (Å²) in [6.45, 7) is 2.77. The maximum atomic E-state index is 13.0. The van der Waals surface area contributed by atoms with Crippen LogP contribution < -0.4 is 11.1 Å². The fourth-order valence-electron chi connectivity index (χ4n) is 2.29. The van der Waals surface area contributed by atoms with E-state index in [4.69, 9.17) is 5.73 Å². The molecule has 0 bridgehead atoms. The number of nitrogens with two attached hydrogens (primary N) is 1. The first-order valence-electron chi connectivity index (χ1n) is 7.04. The minimum Gasteiger partial charge on any atom is -0.399 e. The zero-order chi connectivity index (χ0) is 15.2. The van der Waals surface area contributed by atoms with Crippen LogP contribution in [0.3, 0.4) is 0 Å². The Bertz CT molecular complexity index is 570. The second-order valence-corrected chi connectivity index (χ2v) is 5.17. The molecule has 0 aliphatic heterocycles. The monoisotopic (exact) mass is 290 g/mol. The zero-order valence-electron chi connectivity index (χ0n) is 12.0. The maximum Gasteiger partial charge on any atom is 0.265 e. The van der Waals surface area contributed by atoms with Crippen molar-refractivity contribution in [2.75, 3.05) is 17.6 Å². The van der Waals surface area contributed by atoms with Crippen LogP contribution in [0.2, 0.25) is 0 Å². The van der Waals surface area contributed by atoms with Crippen LogP contribution in [0.25, 0.3) is 0 Å². The Kier molecular flexibility index (Phi) is 5.14. The predicted octanol–water partition coefficient (Wildman–Crippen LogP) is 4.81. The molecule has 0 aliphatic rings. The van der Waals surface area contributed by atoms with Crippen molar-refractivity contribution < 1.29 is 8.78 Å². The van der Waals surface area contributed by atoms with Gasteiger partial charge in [0.05, 0.1) is 0 Å². The molecule has 0 amide bonds. The number of alkyl halides is 2. The van der Waals surface area contributed by atoms with Gasteiger partial charge in [-0.3, -0.25) is 0 Å². The van der Waals surface area contributed by atoms with Gasteiger partial charge in [-0.1, -0.05) is 37.3 Å². The molecule has 0 heterocycles. The molecule has 4 heteroatoms. The van der Waals surface area contributed by atoms with Gasteiger partial charge in [-0.2, -0.15) is 0 Å². The van der Waals surface area contributed by atoms with Gasteiger partial charge >= 0.3 is 0 Å². The molecule has 2 aromatic carbocycles. The molecule has 0 fully saturated rings. The van der Waals surface area contributed by atoms with E-state index in [0.717, 1.165) is 6.42 Å². The number of hydrogen-bond acceptors (Lipinski definition) is 2. The number of anilines is 2. The third kappa shape index (κ3) is 4.18. The van der Waals surface area contributed by atoms with Crippen molar-refractivity contribution in [2.24, 2.45) is 0 Å². The van der Waals surface area contributed by atoms with Crippen LogP contribution >= 0.6 is 0 Å². The van der Waals surface area contributed by atoms with Crippen molar-refractivity contribution in [1.82, 2.24) is 0 Å². The molecule has 2 aromatic rings. The minimum atomic E-state index is -2.53. The van der Waals surface area contributed by atoms with Crippen LogP contribution in [0.1, 0.15) is 36.8 Å². The highest BCUT2D eigenvalue weighted by atomic mass is 19.3. The summed E-state index contributed by atoms with van der Waals surface area (Å²) in [5.74, 6) is 0.377. The summed E-state index contributed by atoms with van der Waals surface area (Å²) in [4.78, 5) is 0. The fourth-order valence-corrected chi connectivity index (χ4v) is 2.29. The van der Waals surface area contributed by atoms with Crippen LogP contribution in [0.15, 0.2) is 48.5 Å². The van der Waals surface area contributed by atoms with E-state index in [0.29, 0.717) is 23.8 Å². The lowest BCUT2D eigenvalue weighted by Gasteiger charge is -2.15. The topological polar surface area (TPSA) is 38.0 Å². The van der Waals surface area contributed by atoms with E-state index in [9.17, 15) is 8.78 Å². The molecule has 0 radical (unpaired) electrons. The van der Waals surface area contributed by atoms with E-state index in [-0.39, 0.29) is 5.56 Å². The molecule has 0 saturated carbocycles. The van der Waals surface area contributed by atoms with E-state index in [2.05, 4.69) is 24.4 Å². The molecule has 2 rings (SSSR count). The van der Waals surface area contributed by atoms with Gasteiger partial charge in [-0.05, 0) is 36.1 Å². The Hall–Kier alpha value is -2.10. The van der Waals surface area contributed by atoms with Crippen molar-refractivity contribution >= 4 is 11.4 Å². The standard InChI is InChI=1S/C17H20F2N2/c1-12(13-5-3-2-4-6-13)9-10-21-16-8-7-14(20)11-15(16)17(18)19/h2-8,11-12,17,21H,9-10,20H2,1H3. The van der Waals surface area contributed by atoms with Crippen molar-refractivity contribution in [2.45, 2.75) is 25.7 Å². The second kappa shape index (κ2) is 7.07. The van der Waals surface area contributed by atoms with E-state index in [1.54, 1.807) is 12.1 Å². The van der Waals surface area contributed by atoms with Crippen LogP contribution in [0.4, 0.5) is 20.2 Å². The predicted molar refractivity (Wildman–Crippen MR) is 83.8 cm³/mol. The first kappa shape index (κ1) is 15.3. The lowest BCUT2D eigenvalue weighted by Crippen LogP contribution is -2.08. The lowest BCUT2D eigenvalue weighted by molar-refractivity contribution is 0.152. The van der Waals surface area contributed by atoms with Gasteiger partial charge in [-0.25, -0.2) is 8.78 Å². The number of benzene rings is 2. The SMILES string of the molecule is CC(CCNc1ccc(N)cc1C(F)F)c1ccccc1. The number of halogens is 2. The Balaban J connectivity index is 1.95. The van der Waals surface area contributed by atoms with E-state index in [1.807, 2.05) is 18.2 Å².